The minimum absolute atomic E-state index is 0.512. The van der Waals surface area contributed by atoms with Crippen molar-refractivity contribution in [3.8, 4) is 6.07 Å². The number of nitriles is 1. The summed E-state index contributed by atoms with van der Waals surface area (Å²) in [6.07, 6.45) is 9.35. The molecule has 0 amide bonds. The van der Waals surface area contributed by atoms with E-state index in [0.29, 0.717) is 5.92 Å². The first-order valence-electron chi connectivity index (χ1n) is 5.81. The standard InChI is InChI=1S/C15H14BrN/c16-15-8-6-12(7-9-15)4-5-13-2-1-3-14(10-13)11-17/h1,3,6-10,13H,2,4-5H2. The van der Waals surface area contributed by atoms with Crippen molar-refractivity contribution >= 4 is 15.9 Å². The summed E-state index contributed by atoms with van der Waals surface area (Å²) in [7, 11) is 0. The van der Waals surface area contributed by atoms with E-state index in [1.807, 2.05) is 6.08 Å². The van der Waals surface area contributed by atoms with Gasteiger partial charge in [0.1, 0.15) is 0 Å². The molecular formula is C15H14BrN. The van der Waals surface area contributed by atoms with Crippen LogP contribution in [0.1, 0.15) is 18.4 Å². The van der Waals surface area contributed by atoms with Crippen molar-refractivity contribution in [3.63, 3.8) is 0 Å². The molecule has 0 radical (unpaired) electrons. The zero-order valence-electron chi connectivity index (χ0n) is 9.57. The molecule has 0 aromatic heterocycles. The van der Waals surface area contributed by atoms with Gasteiger partial charge in [-0.05, 0) is 49.0 Å². The molecule has 0 saturated heterocycles. The van der Waals surface area contributed by atoms with E-state index in [1.54, 1.807) is 0 Å². The number of allylic oxidation sites excluding steroid dienone is 4. The predicted octanol–water partition coefficient (Wildman–Crippen LogP) is 4.41. The highest BCUT2D eigenvalue weighted by Crippen LogP contribution is 2.22. The van der Waals surface area contributed by atoms with Crippen molar-refractivity contribution in [1.29, 1.82) is 5.26 Å². The minimum Gasteiger partial charge on any atom is -0.192 e. The molecule has 1 aromatic carbocycles. The Kier molecular flexibility index (Phi) is 4.17. The maximum atomic E-state index is 8.85. The Morgan fingerprint density at radius 3 is 2.76 bits per heavy atom. The summed E-state index contributed by atoms with van der Waals surface area (Å²) >= 11 is 3.44. The normalized spacial score (nSPS) is 18.6. The van der Waals surface area contributed by atoms with Crippen LogP contribution in [0, 0.1) is 17.2 Å². The topological polar surface area (TPSA) is 23.8 Å². The number of halogens is 1. The van der Waals surface area contributed by atoms with Crippen LogP contribution in [0.3, 0.4) is 0 Å². The van der Waals surface area contributed by atoms with Crippen LogP contribution in [-0.2, 0) is 6.42 Å². The highest BCUT2D eigenvalue weighted by molar-refractivity contribution is 9.10. The molecule has 1 unspecified atom stereocenters. The molecule has 2 rings (SSSR count). The molecule has 86 valence electrons. The van der Waals surface area contributed by atoms with E-state index in [-0.39, 0.29) is 0 Å². The average Bonchev–Trinajstić information content (AvgIpc) is 2.38. The van der Waals surface area contributed by atoms with Crippen LogP contribution in [0.2, 0.25) is 0 Å². The first kappa shape index (κ1) is 12.1. The van der Waals surface area contributed by atoms with E-state index >= 15 is 0 Å². The van der Waals surface area contributed by atoms with Crippen LogP contribution in [0.15, 0.2) is 52.5 Å². The second kappa shape index (κ2) is 5.84. The zero-order valence-corrected chi connectivity index (χ0v) is 11.2. The summed E-state index contributed by atoms with van der Waals surface area (Å²) < 4.78 is 1.12. The van der Waals surface area contributed by atoms with Crippen LogP contribution in [-0.4, -0.2) is 0 Å². The van der Waals surface area contributed by atoms with Gasteiger partial charge in [0.15, 0.2) is 0 Å². The summed E-state index contributed by atoms with van der Waals surface area (Å²) in [5.74, 6) is 0.512. The van der Waals surface area contributed by atoms with Crippen LogP contribution in [0.4, 0.5) is 0 Å². The Balaban J connectivity index is 1.91. The fraction of sp³-hybridized carbons (Fsp3) is 0.267. The molecule has 0 aliphatic heterocycles. The Hall–Kier alpha value is -1.33. The molecule has 0 bridgehead atoms. The van der Waals surface area contributed by atoms with E-state index in [4.69, 9.17) is 5.26 Å². The first-order valence-corrected chi connectivity index (χ1v) is 6.60. The molecule has 0 N–H and O–H groups in total. The monoisotopic (exact) mass is 287 g/mol. The lowest BCUT2D eigenvalue weighted by molar-refractivity contribution is 0.592. The van der Waals surface area contributed by atoms with Gasteiger partial charge >= 0.3 is 0 Å². The van der Waals surface area contributed by atoms with Crippen molar-refractivity contribution in [2.24, 2.45) is 5.92 Å². The Morgan fingerprint density at radius 1 is 1.29 bits per heavy atom. The van der Waals surface area contributed by atoms with Gasteiger partial charge in [0.2, 0.25) is 0 Å². The van der Waals surface area contributed by atoms with Gasteiger partial charge in [-0.1, -0.05) is 40.2 Å². The number of hydrogen-bond acceptors (Lipinski definition) is 1. The van der Waals surface area contributed by atoms with Gasteiger partial charge in [0.05, 0.1) is 6.07 Å². The molecule has 2 heteroatoms. The van der Waals surface area contributed by atoms with Crippen molar-refractivity contribution in [1.82, 2.24) is 0 Å². The summed E-state index contributed by atoms with van der Waals surface area (Å²) in [6, 6.07) is 10.7. The molecule has 0 heterocycles. The predicted molar refractivity (Wildman–Crippen MR) is 73.4 cm³/mol. The quantitative estimate of drug-likeness (QED) is 0.808. The fourth-order valence-electron chi connectivity index (χ4n) is 2.03. The lowest BCUT2D eigenvalue weighted by Crippen LogP contribution is -2.02. The zero-order chi connectivity index (χ0) is 12.1. The number of hydrogen-bond donors (Lipinski definition) is 0. The molecular weight excluding hydrogens is 274 g/mol. The van der Waals surface area contributed by atoms with Gasteiger partial charge in [0.25, 0.3) is 0 Å². The molecule has 17 heavy (non-hydrogen) atoms. The molecule has 0 saturated carbocycles. The second-order valence-electron chi connectivity index (χ2n) is 4.30. The third-order valence-electron chi connectivity index (χ3n) is 3.00. The number of nitrogens with zero attached hydrogens (tertiary/aromatic N) is 1. The van der Waals surface area contributed by atoms with Gasteiger partial charge in [-0.15, -0.1) is 0 Å². The maximum absolute atomic E-state index is 8.85. The Labute approximate surface area is 111 Å². The van der Waals surface area contributed by atoms with Crippen LogP contribution in [0.25, 0.3) is 0 Å². The van der Waals surface area contributed by atoms with Crippen molar-refractivity contribution < 1.29 is 0 Å². The summed E-state index contributed by atoms with van der Waals surface area (Å²) in [5.41, 5.74) is 2.16. The lowest BCUT2D eigenvalue weighted by atomic mass is 9.91. The third kappa shape index (κ3) is 3.57. The van der Waals surface area contributed by atoms with E-state index in [2.05, 4.69) is 58.4 Å². The number of benzene rings is 1. The van der Waals surface area contributed by atoms with E-state index in [0.717, 1.165) is 29.3 Å². The summed E-state index contributed by atoms with van der Waals surface area (Å²) in [4.78, 5) is 0. The second-order valence-corrected chi connectivity index (χ2v) is 5.21. The first-order chi connectivity index (χ1) is 8.28. The molecule has 0 spiro atoms. The van der Waals surface area contributed by atoms with Crippen molar-refractivity contribution in [2.75, 3.05) is 0 Å². The average molecular weight is 288 g/mol. The summed E-state index contributed by atoms with van der Waals surface area (Å²) in [6.45, 7) is 0. The third-order valence-corrected chi connectivity index (χ3v) is 3.53. The molecule has 1 nitrogen and oxygen atoms in total. The van der Waals surface area contributed by atoms with Gasteiger partial charge < -0.3 is 0 Å². The molecule has 0 fully saturated rings. The van der Waals surface area contributed by atoms with Gasteiger partial charge in [-0.3, -0.25) is 0 Å². The minimum atomic E-state index is 0.512. The number of rotatable bonds is 3. The molecule has 1 atom stereocenters. The summed E-state index contributed by atoms with van der Waals surface area (Å²) in [5, 5.41) is 8.85. The molecule has 1 aliphatic carbocycles. The van der Waals surface area contributed by atoms with Gasteiger partial charge in [-0.25, -0.2) is 0 Å². The highest BCUT2D eigenvalue weighted by atomic mass is 79.9. The lowest BCUT2D eigenvalue weighted by Gasteiger charge is -2.13. The Bertz CT molecular complexity index is 477. The van der Waals surface area contributed by atoms with E-state index in [9.17, 15) is 0 Å². The van der Waals surface area contributed by atoms with Crippen LogP contribution < -0.4 is 0 Å². The Morgan fingerprint density at radius 2 is 2.06 bits per heavy atom. The fourth-order valence-corrected chi connectivity index (χ4v) is 2.29. The largest absolute Gasteiger partial charge is 0.192 e. The smallest absolute Gasteiger partial charge is 0.0988 e. The SMILES string of the molecule is N#CC1=CC(CCc2ccc(Br)cc2)CC=C1. The maximum Gasteiger partial charge on any atom is 0.0988 e. The van der Waals surface area contributed by atoms with Crippen LogP contribution in [0.5, 0.6) is 0 Å². The van der Waals surface area contributed by atoms with Gasteiger partial charge in [0, 0.05) is 10.0 Å². The van der Waals surface area contributed by atoms with Crippen LogP contribution >= 0.6 is 15.9 Å². The highest BCUT2D eigenvalue weighted by Gasteiger charge is 2.09. The number of aryl methyl sites for hydroxylation is 1. The van der Waals surface area contributed by atoms with Crippen molar-refractivity contribution in [3.05, 3.63) is 58.1 Å². The molecule has 1 aromatic rings. The van der Waals surface area contributed by atoms with E-state index < -0.39 is 0 Å². The van der Waals surface area contributed by atoms with Gasteiger partial charge in [-0.2, -0.15) is 5.26 Å². The van der Waals surface area contributed by atoms with E-state index in [1.165, 1.54) is 5.56 Å². The van der Waals surface area contributed by atoms with Crippen molar-refractivity contribution in [2.45, 2.75) is 19.3 Å². The molecule has 1 aliphatic rings.